The maximum atomic E-state index is 5.12. The lowest BCUT2D eigenvalue weighted by Gasteiger charge is -2.15. The Kier molecular flexibility index (Phi) is 2.44. The van der Waals surface area contributed by atoms with Gasteiger partial charge in [-0.3, -0.25) is 0 Å². The highest BCUT2D eigenvalue weighted by atomic mass is 32.1. The zero-order valence-electron chi connectivity index (χ0n) is 7.73. The molecule has 0 radical (unpaired) electrons. The van der Waals surface area contributed by atoms with Gasteiger partial charge >= 0.3 is 0 Å². The van der Waals surface area contributed by atoms with Crippen LogP contribution in [0.4, 0.5) is 0 Å². The van der Waals surface area contributed by atoms with Crippen molar-refractivity contribution in [2.75, 3.05) is 0 Å². The minimum absolute atomic E-state index is 0.728. The quantitative estimate of drug-likeness (QED) is 0.679. The fourth-order valence-electron chi connectivity index (χ4n) is 1.50. The fourth-order valence-corrected chi connectivity index (χ4v) is 1.77. The van der Waals surface area contributed by atoms with Crippen molar-refractivity contribution in [2.24, 2.45) is 7.05 Å². The summed E-state index contributed by atoms with van der Waals surface area (Å²) in [4.78, 5) is 0.728. The highest BCUT2D eigenvalue weighted by Gasteiger charge is 1.97. The summed E-state index contributed by atoms with van der Waals surface area (Å²) in [5, 5.41) is 2.74. The first-order chi connectivity index (χ1) is 6.72. The van der Waals surface area contributed by atoms with Crippen molar-refractivity contribution in [3.05, 3.63) is 41.4 Å². The molecule has 14 heavy (non-hydrogen) atoms. The molecule has 3 heteroatoms. The van der Waals surface area contributed by atoms with Crippen molar-refractivity contribution >= 4 is 41.1 Å². The van der Waals surface area contributed by atoms with Crippen LogP contribution in [0.15, 0.2) is 35.9 Å². The summed E-state index contributed by atoms with van der Waals surface area (Å²) in [5.41, 5.74) is 2.23. The normalized spacial score (nSPS) is 12.2. The molecule has 0 atom stereocenters. The second-order valence-electron chi connectivity index (χ2n) is 3.18. The number of aromatic nitrogens is 1. The fraction of sp³-hybridized carbons (Fsp3) is 0.0909. The average Bonchev–Trinajstić information content (AvgIpc) is 2.59. The maximum Gasteiger partial charge on any atom is 0.0478 e. The van der Waals surface area contributed by atoms with E-state index in [-0.39, 0.29) is 0 Å². The van der Waals surface area contributed by atoms with Crippen LogP contribution in [-0.2, 0) is 32.3 Å². The number of aryl methyl sites for hydroxylation is 1. The van der Waals surface area contributed by atoms with Crippen LogP contribution in [0.25, 0.3) is 15.8 Å². The average molecular weight is 219 g/mol. The Bertz CT molecular complexity index is 497. The summed E-state index contributed by atoms with van der Waals surface area (Å²) in [5.74, 6) is 0. The van der Waals surface area contributed by atoms with E-state index < -0.39 is 0 Å². The SMILES string of the molecule is Cn1ccc2cc(/C([S-])=C/[S-])ccc21. The van der Waals surface area contributed by atoms with Crippen molar-refractivity contribution in [2.45, 2.75) is 0 Å². The van der Waals surface area contributed by atoms with E-state index in [4.69, 9.17) is 25.3 Å². The largest absolute Gasteiger partial charge is 0.789 e. The number of nitrogens with zero attached hydrogens (tertiary/aromatic N) is 1. The van der Waals surface area contributed by atoms with Crippen molar-refractivity contribution in [3.8, 4) is 0 Å². The molecule has 1 aromatic carbocycles. The van der Waals surface area contributed by atoms with Gasteiger partial charge in [-0.2, -0.15) is 4.91 Å². The molecule has 72 valence electrons. The minimum Gasteiger partial charge on any atom is -0.789 e. The van der Waals surface area contributed by atoms with Crippen LogP contribution in [0, 0.1) is 0 Å². The van der Waals surface area contributed by atoms with E-state index in [1.54, 1.807) is 5.41 Å². The monoisotopic (exact) mass is 219 g/mol. The third-order valence-corrected chi connectivity index (χ3v) is 3.02. The first kappa shape index (κ1) is 9.49. The van der Waals surface area contributed by atoms with Gasteiger partial charge in [-0.15, -0.1) is 0 Å². The molecule has 1 heterocycles. The Morgan fingerprint density at radius 1 is 1.36 bits per heavy atom. The maximum absolute atomic E-state index is 5.12. The molecule has 0 spiro atoms. The van der Waals surface area contributed by atoms with Gasteiger partial charge < -0.3 is 29.8 Å². The summed E-state index contributed by atoms with van der Waals surface area (Å²) in [6.07, 6.45) is 2.04. The molecule has 0 aliphatic carbocycles. The van der Waals surface area contributed by atoms with E-state index >= 15 is 0 Å². The van der Waals surface area contributed by atoms with Gasteiger partial charge in [0.25, 0.3) is 0 Å². The number of hydrogen-bond donors (Lipinski definition) is 0. The number of fused-ring (bicyclic) bond motifs is 1. The first-order valence-corrected chi connectivity index (χ1v) is 5.15. The van der Waals surface area contributed by atoms with Crippen LogP contribution < -0.4 is 0 Å². The molecule has 1 nitrogen and oxygen atoms in total. The number of hydrogen-bond acceptors (Lipinski definition) is 2. The molecule has 0 saturated carbocycles. The smallest absolute Gasteiger partial charge is 0.0478 e. The Hall–Kier alpha value is -1.06. The molecule has 0 aliphatic heterocycles. The first-order valence-electron chi connectivity index (χ1n) is 4.27. The Morgan fingerprint density at radius 3 is 2.86 bits per heavy atom. The van der Waals surface area contributed by atoms with Crippen LogP contribution in [0.1, 0.15) is 5.56 Å². The van der Waals surface area contributed by atoms with Crippen molar-refractivity contribution in [1.29, 1.82) is 0 Å². The van der Waals surface area contributed by atoms with Crippen molar-refractivity contribution < 1.29 is 0 Å². The summed E-state index contributed by atoms with van der Waals surface area (Å²) in [6, 6.07) is 8.22. The predicted molar refractivity (Wildman–Crippen MR) is 65.6 cm³/mol. The van der Waals surface area contributed by atoms with E-state index in [1.165, 1.54) is 10.9 Å². The molecule has 0 N–H and O–H groups in total. The Balaban J connectivity index is 2.63. The predicted octanol–water partition coefficient (Wildman–Crippen LogP) is 2.57. The van der Waals surface area contributed by atoms with E-state index in [9.17, 15) is 0 Å². The van der Waals surface area contributed by atoms with Gasteiger partial charge in [0.2, 0.25) is 0 Å². The topological polar surface area (TPSA) is 4.93 Å². The third kappa shape index (κ3) is 1.49. The van der Waals surface area contributed by atoms with Crippen LogP contribution >= 0.6 is 0 Å². The second kappa shape index (κ2) is 3.59. The van der Waals surface area contributed by atoms with Gasteiger partial charge in [0.05, 0.1) is 0 Å². The van der Waals surface area contributed by atoms with Crippen LogP contribution in [-0.4, -0.2) is 4.57 Å². The summed E-state index contributed by atoms with van der Waals surface area (Å²) in [7, 11) is 2.03. The van der Waals surface area contributed by atoms with Gasteiger partial charge in [0, 0.05) is 24.1 Å². The minimum atomic E-state index is 0.728. The summed E-state index contributed by atoms with van der Waals surface area (Å²) >= 11 is 9.94. The number of benzene rings is 1. The van der Waals surface area contributed by atoms with E-state index in [1.807, 2.05) is 19.3 Å². The lowest BCUT2D eigenvalue weighted by atomic mass is 10.1. The van der Waals surface area contributed by atoms with Gasteiger partial charge in [-0.1, -0.05) is 6.07 Å². The molecule has 0 bridgehead atoms. The molecular weight excluding hydrogens is 210 g/mol. The number of rotatable bonds is 1. The van der Waals surface area contributed by atoms with Crippen LogP contribution in [0.5, 0.6) is 0 Å². The Morgan fingerprint density at radius 2 is 2.14 bits per heavy atom. The molecular formula is C11H9NS2-2. The van der Waals surface area contributed by atoms with Crippen molar-refractivity contribution in [1.82, 2.24) is 4.57 Å². The van der Waals surface area contributed by atoms with E-state index in [0.29, 0.717) is 0 Å². The van der Waals surface area contributed by atoms with Gasteiger partial charge in [-0.05, 0) is 23.8 Å². The molecule has 0 amide bonds. The van der Waals surface area contributed by atoms with Crippen LogP contribution in [0.3, 0.4) is 0 Å². The highest BCUT2D eigenvalue weighted by Crippen LogP contribution is 2.20. The standard InChI is InChI=1S/C11H11NS2/c1-12-5-4-8-6-9(11(14)7-13)2-3-10(8)12/h2-7,13-14H,1H3/p-2/b11-7-. The molecule has 0 unspecified atom stereocenters. The van der Waals surface area contributed by atoms with Gasteiger partial charge in [-0.25, -0.2) is 5.41 Å². The van der Waals surface area contributed by atoms with E-state index in [2.05, 4.69) is 22.8 Å². The highest BCUT2D eigenvalue weighted by molar-refractivity contribution is 7.72. The van der Waals surface area contributed by atoms with E-state index in [0.717, 1.165) is 10.5 Å². The zero-order chi connectivity index (χ0) is 10.1. The zero-order valence-corrected chi connectivity index (χ0v) is 9.36. The molecule has 2 rings (SSSR count). The second-order valence-corrected chi connectivity index (χ2v) is 3.86. The lowest BCUT2D eigenvalue weighted by Crippen LogP contribution is -1.84. The molecule has 1 aromatic heterocycles. The molecule has 0 saturated heterocycles. The Labute approximate surface area is 94.2 Å². The molecule has 0 fully saturated rings. The lowest BCUT2D eigenvalue weighted by molar-refractivity contribution is 0.969. The third-order valence-electron chi connectivity index (χ3n) is 2.28. The van der Waals surface area contributed by atoms with Crippen molar-refractivity contribution in [3.63, 3.8) is 0 Å². The van der Waals surface area contributed by atoms with Crippen LogP contribution in [0.2, 0.25) is 0 Å². The summed E-state index contributed by atoms with van der Waals surface area (Å²) in [6.45, 7) is 0. The van der Waals surface area contributed by atoms with Gasteiger partial charge in [0.15, 0.2) is 0 Å². The summed E-state index contributed by atoms with van der Waals surface area (Å²) < 4.78 is 2.08. The molecule has 0 aliphatic rings. The van der Waals surface area contributed by atoms with Gasteiger partial charge in [0.1, 0.15) is 0 Å². The molecule has 2 aromatic rings.